The molecule has 0 aliphatic rings. The van der Waals surface area contributed by atoms with Gasteiger partial charge in [-0.2, -0.15) is 0 Å². The van der Waals surface area contributed by atoms with Crippen molar-refractivity contribution in [2.45, 2.75) is 0 Å². The monoisotopic (exact) mass is 414 g/mol. The fraction of sp³-hybridized carbons (Fsp3) is 0.0714. The van der Waals surface area contributed by atoms with Crippen LogP contribution in [0.2, 0.25) is 5.02 Å². The minimum atomic E-state index is 0.615. The van der Waals surface area contributed by atoms with E-state index in [1.54, 1.807) is 7.11 Å². The molecule has 3 aromatic rings. The third-order valence-electron chi connectivity index (χ3n) is 2.93. The van der Waals surface area contributed by atoms with Crippen LogP contribution < -0.4 is 4.74 Å². The van der Waals surface area contributed by atoms with Crippen LogP contribution in [0.4, 0.5) is 0 Å². The summed E-state index contributed by atoms with van der Waals surface area (Å²) in [5, 5.41) is 0.615. The van der Waals surface area contributed by atoms with E-state index in [0.29, 0.717) is 5.02 Å². The molecule has 20 heavy (non-hydrogen) atoms. The Kier molecular flexibility index (Phi) is 3.75. The number of H-pyrrole nitrogens is 1. The van der Waals surface area contributed by atoms with Gasteiger partial charge in [-0.25, -0.2) is 4.98 Å². The number of fused-ring (bicyclic) bond motifs is 1. The molecule has 0 spiro atoms. The van der Waals surface area contributed by atoms with Gasteiger partial charge in [0, 0.05) is 10.0 Å². The highest BCUT2D eigenvalue weighted by molar-refractivity contribution is 9.10. The normalized spacial score (nSPS) is 11.0. The molecule has 6 heteroatoms. The first-order valence-electron chi connectivity index (χ1n) is 5.77. The molecule has 1 heterocycles. The number of aromatic nitrogens is 2. The molecular weight excluding hydrogens is 407 g/mol. The van der Waals surface area contributed by atoms with Crippen molar-refractivity contribution in [2.24, 2.45) is 0 Å². The minimum Gasteiger partial charge on any atom is -0.496 e. The highest BCUT2D eigenvalue weighted by Gasteiger charge is 2.11. The van der Waals surface area contributed by atoms with Gasteiger partial charge in [0.15, 0.2) is 0 Å². The molecule has 1 aromatic heterocycles. The third-order valence-corrected chi connectivity index (χ3v) is 4.30. The Labute approximate surface area is 137 Å². The third kappa shape index (κ3) is 2.45. The lowest BCUT2D eigenvalue weighted by molar-refractivity contribution is 0.412. The summed E-state index contributed by atoms with van der Waals surface area (Å²) < 4.78 is 7.02. The number of ether oxygens (including phenoxy) is 1. The van der Waals surface area contributed by atoms with E-state index in [9.17, 15) is 0 Å². The number of rotatable bonds is 2. The maximum Gasteiger partial charge on any atom is 0.138 e. The second-order valence-corrected chi connectivity index (χ2v) is 6.40. The molecule has 102 valence electrons. The van der Waals surface area contributed by atoms with Crippen molar-refractivity contribution in [3.63, 3.8) is 0 Å². The number of aromatic amines is 1. The molecule has 0 bridgehead atoms. The first kappa shape index (κ1) is 13.9. The molecule has 2 aromatic carbocycles. The van der Waals surface area contributed by atoms with Gasteiger partial charge in [-0.1, -0.05) is 27.5 Å². The number of hydrogen-bond acceptors (Lipinski definition) is 2. The summed E-state index contributed by atoms with van der Waals surface area (Å²) in [5.41, 5.74) is 2.61. The van der Waals surface area contributed by atoms with Crippen LogP contribution in [0.1, 0.15) is 0 Å². The molecule has 0 saturated carbocycles. The smallest absolute Gasteiger partial charge is 0.138 e. The summed E-state index contributed by atoms with van der Waals surface area (Å²) in [6.45, 7) is 0. The number of hydrogen-bond donors (Lipinski definition) is 1. The van der Waals surface area contributed by atoms with Crippen molar-refractivity contribution in [3.8, 4) is 17.1 Å². The lowest BCUT2D eigenvalue weighted by Crippen LogP contribution is -1.86. The number of nitrogens with one attached hydrogen (secondary N) is 1. The van der Waals surface area contributed by atoms with E-state index in [1.807, 2.05) is 30.3 Å². The lowest BCUT2D eigenvalue weighted by atomic mass is 10.2. The van der Waals surface area contributed by atoms with Crippen LogP contribution in [0.15, 0.2) is 39.3 Å². The highest BCUT2D eigenvalue weighted by atomic mass is 79.9. The molecule has 0 radical (unpaired) electrons. The summed E-state index contributed by atoms with van der Waals surface area (Å²) in [5.74, 6) is 1.55. The number of benzene rings is 2. The molecule has 0 amide bonds. The average molecular weight is 416 g/mol. The Morgan fingerprint density at radius 1 is 1.20 bits per heavy atom. The Balaban J connectivity index is 2.15. The number of nitrogens with zero attached hydrogens (tertiary/aromatic N) is 1. The van der Waals surface area contributed by atoms with Crippen molar-refractivity contribution >= 4 is 54.5 Å². The zero-order valence-electron chi connectivity index (χ0n) is 10.4. The predicted octanol–water partition coefficient (Wildman–Crippen LogP) is 5.42. The van der Waals surface area contributed by atoms with Gasteiger partial charge in [-0.05, 0) is 46.3 Å². The van der Waals surface area contributed by atoms with Crippen LogP contribution >= 0.6 is 43.5 Å². The van der Waals surface area contributed by atoms with Crippen LogP contribution in [-0.4, -0.2) is 17.1 Å². The Morgan fingerprint density at radius 2 is 2.00 bits per heavy atom. The lowest BCUT2D eigenvalue weighted by Gasteiger charge is -2.04. The topological polar surface area (TPSA) is 37.9 Å². The van der Waals surface area contributed by atoms with Gasteiger partial charge in [0.05, 0.1) is 22.1 Å². The van der Waals surface area contributed by atoms with Gasteiger partial charge >= 0.3 is 0 Å². The number of imidazole rings is 1. The van der Waals surface area contributed by atoms with E-state index in [4.69, 9.17) is 16.3 Å². The summed E-state index contributed by atoms with van der Waals surface area (Å²) in [6.07, 6.45) is 0. The molecule has 0 aliphatic heterocycles. The molecule has 0 fully saturated rings. The molecule has 1 N–H and O–H groups in total. The van der Waals surface area contributed by atoms with Gasteiger partial charge in [0.1, 0.15) is 17.1 Å². The van der Waals surface area contributed by atoms with Crippen molar-refractivity contribution in [1.82, 2.24) is 9.97 Å². The Morgan fingerprint density at radius 3 is 2.70 bits per heavy atom. The maximum atomic E-state index is 6.20. The molecular formula is C14H9Br2ClN2O. The Bertz CT molecular complexity index is 801. The second kappa shape index (κ2) is 5.39. The SMILES string of the molecule is COc1ccc(-c2nc3c(Cl)cc(Br)cc3[nH]2)cc1Br. The number of halogens is 3. The summed E-state index contributed by atoms with van der Waals surface area (Å²) in [7, 11) is 1.64. The van der Waals surface area contributed by atoms with Crippen LogP contribution in [-0.2, 0) is 0 Å². The van der Waals surface area contributed by atoms with Crippen LogP contribution in [0.25, 0.3) is 22.4 Å². The van der Waals surface area contributed by atoms with Gasteiger partial charge in [0.2, 0.25) is 0 Å². The Hall–Kier alpha value is -1.04. The predicted molar refractivity (Wildman–Crippen MR) is 88.5 cm³/mol. The van der Waals surface area contributed by atoms with E-state index in [0.717, 1.165) is 37.1 Å². The van der Waals surface area contributed by atoms with Gasteiger partial charge in [0.25, 0.3) is 0 Å². The summed E-state index contributed by atoms with van der Waals surface area (Å²) in [6, 6.07) is 9.59. The average Bonchev–Trinajstić information content (AvgIpc) is 2.82. The molecule has 3 nitrogen and oxygen atoms in total. The van der Waals surface area contributed by atoms with Gasteiger partial charge < -0.3 is 9.72 Å². The van der Waals surface area contributed by atoms with Crippen LogP contribution in [0, 0.1) is 0 Å². The van der Waals surface area contributed by atoms with Gasteiger partial charge in [-0.3, -0.25) is 0 Å². The fourth-order valence-electron chi connectivity index (χ4n) is 1.99. The minimum absolute atomic E-state index is 0.615. The molecule has 0 saturated heterocycles. The molecule has 0 aliphatic carbocycles. The summed E-state index contributed by atoms with van der Waals surface area (Å²) in [4.78, 5) is 7.82. The van der Waals surface area contributed by atoms with Crippen molar-refractivity contribution in [1.29, 1.82) is 0 Å². The van der Waals surface area contributed by atoms with Crippen molar-refractivity contribution < 1.29 is 4.74 Å². The quantitative estimate of drug-likeness (QED) is 0.606. The molecule has 0 atom stereocenters. The van der Waals surface area contributed by atoms with E-state index < -0.39 is 0 Å². The zero-order valence-corrected chi connectivity index (χ0v) is 14.3. The fourth-order valence-corrected chi connectivity index (χ4v) is 3.38. The zero-order chi connectivity index (χ0) is 14.3. The van der Waals surface area contributed by atoms with E-state index in [-0.39, 0.29) is 0 Å². The maximum absolute atomic E-state index is 6.20. The first-order valence-corrected chi connectivity index (χ1v) is 7.73. The van der Waals surface area contributed by atoms with Crippen molar-refractivity contribution in [2.75, 3.05) is 7.11 Å². The largest absolute Gasteiger partial charge is 0.496 e. The highest BCUT2D eigenvalue weighted by Crippen LogP contribution is 2.32. The van der Waals surface area contributed by atoms with Gasteiger partial charge in [-0.15, -0.1) is 0 Å². The van der Waals surface area contributed by atoms with E-state index >= 15 is 0 Å². The first-order chi connectivity index (χ1) is 9.58. The standard InChI is InChI=1S/C14H9Br2ClN2O/c1-20-12-3-2-7(4-9(12)16)14-18-11-6-8(15)5-10(17)13(11)19-14/h2-6H,1H3,(H,18,19). The van der Waals surface area contributed by atoms with Crippen LogP contribution in [0.5, 0.6) is 5.75 Å². The summed E-state index contributed by atoms with van der Waals surface area (Å²) >= 11 is 13.1. The van der Waals surface area contributed by atoms with E-state index in [2.05, 4.69) is 41.8 Å². The second-order valence-electron chi connectivity index (χ2n) is 4.22. The molecule has 0 unspecified atom stereocenters. The number of methoxy groups -OCH3 is 1. The van der Waals surface area contributed by atoms with E-state index in [1.165, 1.54) is 0 Å². The molecule has 3 rings (SSSR count). The van der Waals surface area contributed by atoms with Crippen LogP contribution in [0.3, 0.4) is 0 Å². The van der Waals surface area contributed by atoms with Crippen molar-refractivity contribution in [3.05, 3.63) is 44.3 Å².